The fraction of sp³-hybridized carbons (Fsp3) is 0.500. The quantitative estimate of drug-likeness (QED) is 0.592. The molecule has 0 bridgehead atoms. The van der Waals surface area contributed by atoms with Crippen molar-refractivity contribution in [3.63, 3.8) is 0 Å². The first-order valence-electron chi connectivity index (χ1n) is 5.75. The molecular formula is C12H14F3NO3. The van der Waals surface area contributed by atoms with E-state index in [0.29, 0.717) is 6.61 Å². The van der Waals surface area contributed by atoms with Crippen LogP contribution >= 0.6 is 0 Å². The number of aromatic nitrogens is 1. The van der Waals surface area contributed by atoms with Gasteiger partial charge in [0.1, 0.15) is 0 Å². The van der Waals surface area contributed by atoms with Crippen LogP contribution in [-0.4, -0.2) is 30.3 Å². The third-order valence-corrected chi connectivity index (χ3v) is 2.09. The highest BCUT2D eigenvalue weighted by Crippen LogP contribution is 2.17. The van der Waals surface area contributed by atoms with E-state index in [-0.39, 0.29) is 11.4 Å². The summed E-state index contributed by atoms with van der Waals surface area (Å²) in [5, 5.41) is 0. The molecule has 1 heterocycles. The molecule has 19 heavy (non-hydrogen) atoms. The molecule has 1 aromatic rings. The van der Waals surface area contributed by atoms with E-state index in [1.165, 1.54) is 12.1 Å². The van der Waals surface area contributed by atoms with E-state index >= 15 is 0 Å². The van der Waals surface area contributed by atoms with E-state index in [1.54, 1.807) is 0 Å². The highest BCUT2D eigenvalue weighted by molar-refractivity contribution is 5.89. The van der Waals surface area contributed by atoms with Crippen LogP contribution in [-0.2, 0) is 4.74 Å². The number of alkyl halides is 3. The molecule has 1 rings (SSSR count). The number of carbonyl (C=O) groups excluding carboxylic acids is 1. The molecule has 0 aliphatic carbocycles. The van der Waals surface area contributed by atoms with Gasteiger partial charge in [0.25, 0.3) is 0 Å². The second-order valence-corrected chi connectivity index (χ2v) is 3.78. The summed E-state index contributed by atoms with van der Waals surface area (Å²) in [5.41, 5.74) is 0.176. The molecule has 0 unspecified atom stereocenters. The average Bonchev–Trinajstić information content (AvgIpc) is 2.36. The third kappa shape index (κ3) is 6.08. The van der Waals surface area contributed by atoms with Gasteiger partial charge in [0, 0.05) is 12.3 Å². The zero-order valence-corrected chi connectivity index (χ0v) is 10.4. The Kier molecular flexibility index (Phi) is 5.59. The van der Waals surface area contributed by atoms with Gasteiger partial charge < -0.3 is 9.47 Å². The van der Waals surface area contributed by atoms with E-state index in [0.717, 1.165) is 19.0 Å². The topological polar surface area (TPSA) is 48.4 Å². The summed E-state index contributed by atoms with van der Waals surface area (Å²) < 4.78 is 45.0. The Morgan fingerprint density at radius 3 is 2.63 bits per heavy atom. The number of halogens is 3. The van der Waals surface area contributed by atoms with Crippen molar-refractivity contribution in [1.82, 2.24) is 4.98 Å². The number of esters is 1. The molecule has 4 nitrogen and oxygen atoms in total. The van der Waals surface area contributed by atoms with Crippen LogP contribution in [0.15, 0.2) is 18.3 Å². The van der Waals surface area contributed by atoms with Crippen molar-refractivity contribution < 1.29 is 27.4 Å². The van der Waals surface area contributed by atoms with Crippen molar-refractivity contribution in [2.75, 3.05) is 13.2 Å². The Bertz CT molecular complexity index is 404. The SMILES string of the molecule is CCCCOC(=O)c1ccc(OCC(F)(F)F)nc1. The standard InChI is InChI=1S/C12H14F3NO3/c1-2-3-6-18-11(17)9-4-5-10(16-7-9)19-8-12(13,14)15/h4-5,7H,2-3,6,8H2,1H3. The lowest BCUT2D eigenvalue weighted by molar-refractivity contribution is -0.154. The van der Waals surface area contributed by atoms with Gasteiger partial charge in [0.15, 0.2) is 6.61 Å². The van der Waals surface area contributed by atoms with Crippen LogP contribution in [0, 0.1) is 0 Å². The first-order valence-corrected chi connectivity index (χ1v) is 5.75. The van der Waals surface area contributed by atoms with Crippen LogP contribution in [0.4, 0.5) is 13.2 Å². The van der Waals surface area contributed by atoms with Crippen molar-refractivity contribution in [3.8, 4) is 5.88 Å². The molecule has 0 aliphatic rings. The Labute approximate surface area is 108 Å². The first-order chi connectivity index (χ1) is 8.92. The number of unbranched alkanes of at least 4 members (excludes halogenated alkanes) is 1. The van der Waals surface area contributed by atoms with Crippen LogP contribution in [0.1, 0.15) is 30.1 Å². The molecule has 1 aromatic heterocycles. The van der Waals surface area contributed by atoms with Crippen LogP contribution in [0.2, 0.25) is 0 Å². The van der Waals surface area contributed by atoms with E-state index < -0.39 is 18.8 Å². The number of ether oxygens (including phenoxy) is 2. The smallest absolute Gasteiger partial charge is 0.422 e. The molecule has 0 saturated carbocycles. The van der Waals surface area contributed by atoms with Crippen LogP contribution in [0.5, 0.6) is 5.88 Å². The Hall–Kier alpha value is -1.79. The molecular weight excluding hydrogens is 263 g/mol. The lowest BCUT2D eigenvalue weighted by Crippen LogP contribution is -2.19. The Morgan fingerprint density at radius 2 is 2.11 bits per heavy atom. The second-order valence-electron chi connectivity index (χ2n) is 3.78. The molecule has 0 aliphatic heterocycles. The van der Waals surface area contributed by atoms with Crippen molar-refractivity contribution in [3.05, 3.63) is 23.9 Å². The van der Waals surface area contributed by atoms with Gasteiger partial charge in [-0.05, 0) is 12.5 Å². The van der Waals surface area contributed by atoms with Gasteiger partial charge in [0.05, 0.1) is 12.2 Å². The molecule has 0 spiro atoms. The predicted octanol–water partition coefficient (Wildman–Crippen LogP) is 2.98. The minimum Gasteiger partial charge on any atom is -0.468 e. The first kappa shape index (κ1) is 15.3. The maximum absolute atomic E-state index is 11.9. The van der Waals surface area contributed by atoms with Gasteiger partial charge >= 0.3 is 12.1 Å². The lowest BCUT2D eigenvalue weighted by Gasteiger charge is -2.08. The minimum absolute atomic E-state index is 0.176. The number of hydrogen-bond acceptors (Lipinski definition) is 4. The second kappa shape index (κ2) is 6.96. The summed E-state index contributed by atoms with van der Waals surface area (Å²) in [6, 6.07) is 2.51. The van der Waals surface area contributed by atoms with Crippen molar-refractivity contribution in [2.45, 2.75) is 25.9 Å². The van der Waals surface area contributed by atoms with Gasteiger partial charge in [-0.1, -0.05) is 13.3 Å². The number of carbonyl (C=O) groups is 1. The highest BCUT2D eigenvalue weighted by Gasteiger charge is 2.28. The lowest BCUT2D eigenvalue weighted by atomic mass is 10.3. The fourth-order valence-corrected chi connectivity index (χ4v) is 1.13. The maximum atomic E-state index is 11.9. The summed E-state index contributed by atoms with van der Waals surface area (Å²) in [4.78, 5) is 15.1. The van der Waals surface area contributed by atoms with Crippen molar-refractivity contribution >= 4 is 5.97 Å². The van der Waals surface area contributed by atoms with E-state index in [1.807, 2.05) is 6.92 Å². The zero-order valence-electron chi connectivity index (χ0n) is 10.4. The van der Waals surface area contributed by atoms with Crippen molar-refractivity contribution in [2.24, 2.45) is 0 Å². The minimum atomic E-state index is -4.42. The number of hydrogen-bond donors (Lipinski definition) is 0. The number of nitrogens with zero attached hydrogens (tertiary/aromatic N) is 1. The van der Waals surface area contributed by atoms with E-state index in [9.17, 15) is 18.0 Å². The van der Waals surface area contributed by atoms with Gasteiger partial charge in [-0.15, -0.1) is 0 Å². The molecule has 0 amide bonds. The van der Waals surface area contributed by atoms with Crippen LogP contribution in [0.25, 0.3) is 0 Å². The zero-order chi connectivity index (χ0) is 14.3. The summed E-state index contributed by atoms with van der Waals surface area (Å²) in [6.07, 6.45) is -1.64. The van der Waals surface area contributed by atoms with Crippen LogP contribution < -0.4 is 4.74 Å². The molecule has 0 fully saturated rings. The normalized spacial score (nSPS) is 11.2. The molecule has 0 aromatic carbocycles. The fourth-order valence-electron chi connectivity index (χ4n) is 1.13. The predicted molar refractivity (Wildman–Crippen MR) is 61.0 cm³/mol. The molecule has 7 heteroatoms. The summed E-state index contributed by atoms with van der Waals surface area (Å²) in [6.45, 7) is 0.851. The largest absolute Gasteiger partial charge is 0.468 e. The number of pyridine rings is 1. The summed E-state index contributed by atoms with van der Waals surface area (Å²) in [5.74, 6) is -0.745. The summed E-state index contributed by atoms with van der Waals surface area (Å²) >= 11 is 0. The average molecular weight is 277 g/mol. The van der Waals surface area contributed by atoms with E-state index in [2.05, 4.69) is 9.72 Å². The van der Waals surface area contributed by atoms with E-state index in [4.69, 9.17) is 4.74 Å². The maximum Gasteiger partial charge on any atom is 0.422 e. The third-order valence-electron chi connectivity index (χ3n) is 2.09. The van der Waals surface area contributed by atoms with Crippen molar-refractivity contribution in [1.29, 1.82) is 0 Å². The van der Waals surface area contributed by atoms with Gasteiger partial charge in [-0.25, -0.2) is 9.78 Å². The molecule has 0 atom stereocenters. The highest BCUT2D eigenvalue weighted by atomic mass is 19.4. The van der Waals surface area contributed by atoms with Gasteiger partial charge in [0.2, 0.25) is 5.88 Å². The molecule has 0 saturated heterocycles. The Balaban J connectivity index is 2.49. The molecule has 106 valence electrons. The Morgan fingerprint density at radius 1 is 1.37 bits per heavy atom. The van der Waals surface area contributed by atoms with Gasteiger partial charge in [-0.3, -0.25) is 0 Å². The van der Waals surface area contributed by atoms with Gasteiger partial charge in [-0.2, -0.15) is 13.2 Å². The molecule has 0 radical (unpaired) electrons. The molecule has 0 N–H and O–H groups in total. The summed E-state index contributed by atoms with van der Waals surface area (Å²) in [7, 11) is 0. The monoisotopic (exact) mass is 277 g/mol. The van der Waals surface area contributed by atoms with Crippen LogP contribution in [0.3, 0.4) is 0 Å². The number of rotatable bonds is 6.